The van der Waals surface area contributed by atoms with Crippen molar-refractivity contribution in [3.63, 3.8) is 0 Å². The summed E-state index contributed by atoms with van der Waals surface area (Å²) in [6.07, 6.45) is 3.05. The van der Waals surface area contributed by atoms with Crippen molar-refractivity contribution in [2.24, 2.45) is 0 Å². The molecule has 0 aliphatic rings. The third-order valence-electron chi connectivity index (χ3n) is 3.36. The lowest BCUT2D eigenvalue weighted by molar-refractivity contribution is -0.111. The number of hydrogen-bond acceptors (Lipinski definition) is 3. The minimum absolute atomic E-state index is 0.261. The molecule has 0 fully saturated rings. The predicted octanol–water partition coefficient (Wildman–Crippen LogP) is 4.70. The van der Waals surface area contributed by atoms with E-state index >= 15 is 0 Å². The molecule has 1 amide bonds. The molecule has 1 heterocycles. The van der Waals surface area contributed by atoms with Gasteiger partial charge in [-0.15, -0.1) is 0 Å². The average Bonchev–Trinajstić information content (AvgIpc) is 2.89. The Labute approximate surface area is 137 Å². The molecule has 0 aliphatic carbocycles. The second kappa shape index (κ2) is 6.30. The lowest BCUT2D eigenvalue weighted by Gasteiger charge is -1.96. The molecule has 3 nitrogen and oxygen atoms in total. The van der Waals surface area contributed by atoms with Gasteiger partial charge in [0.2, 0.25) is 5.91 Å². The summed E-state index contributed by atoms with van der Waals surface area (Å²) in [6.45, 7) is 4.05. The number of aromatic nitrogens is 1. The number of halogens is 1. The molecule has 116 valence electrons. The molecule has 3 rings (SSSR count). The van der Waals surface area contributed by atoms with Gasteiger partial charge in [0.15, 0.2) is 5.13 Å². The fourth-order valence-corrected chi connectivity index (χ4v) is 3.36. The molecule has 0 atom stereocenters. The summed E-state index contributed by atoms with van der Waals surface area (Å²) >= 11 is 1.45. The third-order valence-corrected chi connectivity index (χ3v) is 4.27. The van der Waals surface area contributed by atoms with E-state index in [-0.39, 0.29) is 11.7 Å². The summed E-state index contributed by atoms with van der Waals surface area (Å²) in [6, 6.07) is 10.1. The molecule has 0 saturated heterocycles. The number of carbonyl (C=O) groups excluding carboxylic acids is 1. The molecule has 1 aromatic heterocycles. The number of nitrogens with zero attached hydrogens (tertiary/aromatic N) is 1. The minimum Gasteiger partial charge on any atom is -0.298 e. The van der Waals surface area contributed by atoms with Crippen molar-refractivity contribution in [1.82, 2.24) is 4.98 Å². The first-order valence-electron chi connectivity index (χ1n) is 7.14. The van der Waals surface area contributed by atoms with Crippen LogP contribution < -0.4 is 5.32 Å². The summed E-state index contributed by atoms with van der Waals surface area (Å²) < 4.78 is 13.9. The summed E-state index contributed by atoms with van der Waals surface area (Å²) in [4.78, 5) is 16.4. The fourth-order valence-electron chi connectivity index (χ4n) is 2.32. The van der Waals surface area contributed by atoms with Crippen LogP contribution >= 0.6 is 11.3 Å². The molecule has 0 bridgehead atoms. The zero-order chi connectivity index (χ0) is 16.4. The van der Waals surface area contributed by atoms with Crippen molar-refractivity contribution in [3.05, 3.63) is 65.0 Å². The zero-order valence-corrected chi connectivity index (χ0v) is 13.6. The Bertz CT molecular complexity index is 897. The number of thiazole rings is 1. The van der Waals surface area contributed by atoms with Crippen LogP contribution in [0.15, 0.2) is 42.5 Å². The van der Waals surface area contributed by atoms with Crippen molar-refractivity contribution >= 4 is 38.7 Å². The molecule has 0 unspecified atom stereocenters. The number of hydrogen-bond donors (Lipinski definition) is 1. The summed E-state index contributed by atoms with van der Waals surface area (Å²) in [5, 5.41) is 3.34. The molecule has 0 aliphatic heterocycles. The first-order chi connectivity index (χ1) is 11.0. The van der Waals surface area contributed by atoms with Crippen LogP contribution in [-0.4, -0.2) is 10.9 Å². The van der Waals surface area contributed by atoms with Crippen molar-refractivity contribution in [1.29, 1.82) is 0 Å². The van der Waals surface area contributed by atoms with Crippen LogP contribution in [0.1, 0.15) is 16.7 Å². The van der Waals surface area contributed by atoms with Gasteiger partial charge < -0.3 is 0 Å². The van der Waals surface area contributed by atoms with Crippen LogP contribution in [0.2, 0.25) is 0 Å². The van der Waals surface area contributed by atoms with E-state index in [2.05, 4.69) is 22.4 Å². The Kier molecular flexibility index (Phi) is 4.21. The van der Waals surface area contributed by atoms with E-state index < -0.39 is 0 Å². The Hall–Kier alpha value is -2.53. The van der Waals surface area contributed by atoms with Gasteiger partial charge in [-0.25, -0.2) is 9.37 Å². The highest BCUT2D eigenvalue weighted by atomic mass is 32.1. The van der Waals surface area contributed by atoms with Crippen LogP contribution in [0.3, 0.4) is 0 Å². The molecule has 23 heavy (non-hydrogen) atoms. The second-order valence-corrected chi connectivity index (χ2v) is 6.35. The minimum atomic E-state index is -0.299. The number of carbonyl (C=O) groups is 1. The van der Waals surface area contributed by atoms with Gasteiger partial charge in [-0.3, -0.25) is 10.1 Å². The van der Waals surface area contributed by atoms with E-state index in [0.29, 0.717) is 5.13 Å². The van der Waals surface area contributed by atoms with Gasteiger partial charge in [0.25, 0.3) is 0 Å². The second-order valence-electron chi connectivity index (χ2n) is 5.32. The number of aryl methyl sites for hydroxylation is 2. The Morgan fingerprint density at radius 1 is 1.22 bits per heavy atom. The Morgan fingerprint density at radius 2 is 1.96 bits per heavy atom. The van der Waals surface area contributed by atoms with Crippen molar-refractivity contribution < 1.29 is 9.18 Å². The molecular weight excluding hydrogens is 311 g/mol. The topological polar surface area (TPSA) is 42.0 Å². The zero-order valence-electron chi connectivity index (χ0n) is 12.8. The molecule has 2 aromatic carbocycles. The van der Waals surface area contributed by atoms with E-state index in [0.717, 1.165) is 21.3 Å². The van der Waals surface area contributed by atoms with E-state index in [9.17, 15) is 9.18 Å². The van der Waals surface area contributed by atoms with Gasteiger partial charge in [0, 0.05) is 6.08 Å². The van der Waals surface area contributed by atoms with Crippen LogP contribution in [0.25, 0.3) is 16.3 Å². The van der Waals surface area contributed by atoms with Crippen molar-refractivity contribution in [2.75, 3.05) is 5.32 Å². The quantitative estimate of drug-likeness (QED) is 0.709. The van der Waals surface area contributed by atoms with Crippen molar-refractivity contribution in [2.45, 2.75) is 13.8 Å². The van der Waals surface area contributed by atoms with Gasteiger partial charge >= 0.3 is 0 Å². The van der Waals surface area contributed by atoms with Gasteiger partial charge in [-0.05, 0) is 54.8 Å². The molecule has 3 aromatic rings. The van der Waals surface area contributed by atoms with Crippen molar-refractivity contribution in [3.8, 4) is 0 Å². The maximum absolute atomic E-state index is 12.8. The number of rotatable bonds is 3. The standard InChI is InChI=1S/C18H15FN2OS/c1-11-9-12(2)17-15(10-11)23-18(21-17)20-16(22)8-5-13-3-6-14(19)7-4-13/h3-10H,1-2H3,(H,20,21,22)/b8-5+. The fraction of sp³-hybridized carbons (Fsp3) is 0.111. The lowest BCUT2D eigenvalue weighted by Crippen LogP contribution is -2.07. The maximum atomic E-state index is 12.8. The first kappa shape index (κ1) is 15.4. The Morgan fingerprint density at radius 3 is 2.70 bits per heavy atom. The van der Waals surface area contributed by atoms with E-state index in [1.165, 1.54) is 35.1 Å². The monoisotopic (exact) mass is 326 g/mol. The summed E-state index contributed by atoms with van der Waals surface area (Å²) in [7, 11) is 0. The first-order valence-corrected chi connectivity index (χ1v) is 7.95. The third kappa shape index (κ3) is 3.63. The molecular formula is C18H15FN2OS. The highest BCUT2D eigenvalue weighted by Gasteiger charge is 2.08. The van der Waals surface area contributed by atoms with Gasteiger partial charge in [-0.2, -0.15) is 0 Å². The maximum Gasteiger partial charge on any atom is 0.250 e. The predicted molar refractivity (Wildman–Crippen MR) is 93.2 cm³/mol. The van der Waals surface area contributed by atoms with E-state index in [4.69, 9.17) is 0 Å². The normalized spacial score (nSPS) is 11.3. The van der Waals surface area contributed by atoms with Crippen LogP contribution in [0, 0.1) is 19.7 Å². The SMILES string of the molecule is Cc1cc(C)c2nc(NC(=O)/C=C/c3ccc(F)cc3)sc2c1. The van der Waals surface area contributed by atoms with Gasteiger partial charge in [0.05, 0.1) is 10.2 Å². The summed E-state index contributed by atoms with van der Waals surface area (Å²) in [5.74, 6) is -0.561. The number of fused-ring (bicyclic) bond motifs is 1. The lowest BCUT2D eigenvalue weighted by atomic mass is 10.1. The number of amides is 1. The highest BCUT2D eigenvalue weighted by molar-refractivity contribution is 7.22. The molecule has 1 N–H and O–H groups in total. The number of benzene rings is 2. The van der Waals surface area contributed by atoms with Crippen LogP contribution in [0.5, 0.6) is 0 Å². The number of anilines is 1. The largest absolute Gasteiger partial charge is 0.298 e. The van der Waals surface area contributed by atoms with E-state index in [1.807, 2.05) is 13.8 Å². The van der Waals surface area contributed by atoms with Crippen LogP contribution in [-0.2, 0) is 4.79 Å². The average molecular weight is 326 g/mol. The molecule has 0 radical (unpaired) electrons. The van der Waals surface area contributed by atoms with Gasteiger partial charge in [0.1, 0.15) is 5.82 Å². The molecule has 0 spiro atoms. The summed E-state index contributed by atoms with van der Waals surface area (Å²) in [5.41, 5.74) is 3.95. The molecule has 0 saturated carbocycles. The molecule has 5 heteroatoms. The van der Waals surface area contributed by atoms with Gasteiger partial charge in [-0.1, -0.05) is 29.5 Å². The van der Waals surface area contributed by atoms with Crippen LogP contribution in [0.4, 0.5) is 9.52 Å². The number of nitrogens with one attached hydrogen (secondary N) is 1. The smallest absolute Gasteiger partial charge is 0.250 e. The highest BCUT2D eigenvalue weighted by Crippen LogP contribution is 2.29. The Balaban J connectivity index is 1.75. The van der Waals surface area contributed by atoms with E-state index in [1.54, 1.807) is 18.2 Å².